The van der Waals surface area contributed by atoms with Crippen molar-refractivity contribution in [2.45, 2.75) is 79.1 Å². The number of hydrazine groups is 1. The molecule has 10 nitrogen and oxygen atoms in total. The van der Waals surface area contributed by atoms with Crippen molar-refractivity contribution in [3.63, 3.8) is 0 Å². The van der Waals surface area contributed by atoms with Gasteiger partial charge in [-0.3, -0.25) is 4.79 Å². The number of para-hydroxylation sites is 1. The molecule has 0 bridgehead atoms. The van der Waals surface area contributed by atoms with Crippen molar-refractivity contribution in [1.82, 2.24) is 10.0 Å². The maximum Gasteiger partial charge on any atom is 0.514 e. The number of benzene rings is 1. The molecule has 3 amide bonds. The average Bonchev–Trinajstić information content (AvgIpc) is 2.57. The summed E-state index contributed by atoms with van der Waals surface area (Å²) in [6.45, 7) is 14.7. The molecular weight excluding hydrogens is 432 g/mol. The summed E-state index contributed by atoms with van der Waals surface area (Å²) in [7, 11) is 1.19. The molecule has 0 radical (unpaired) electrons. The van der Waals surface area contributed by atoms with Crippen LogP contribution in [0, 0.1) is 0 Å². The maximum absolute atomic E-state index is 13.4. The van der Waals surface area contributed by atoms with Crippen LogP contribution in [0.5, 0.6) is 5.75 Å². The molecule has 0 saturated heterocycles. The lowest BCUT2D eigenvalue weighted by Gasteiger charge is -2.33. The second kappa shape index (κ2) is 10.1. The predicted molar refractivity (Wildman–Crippen MR) is 120 cm³/mol. The van der Waals surface area contributed by atoms with Gasteiger partial charge in [-0.2, -0.15) is 0 Å². The number of hydrogen-bond acceptors (Lipinski definition) is 8. The van der Waals surface area contributed by atoms with Crippen LogP contribution in [-0.2, 0) is 14.2 Å². The summed E-state index contributed by atoms with van der Waals surface area (Å²) in [6, 6.07) is 5.74. The molecule has 33 heavy (non-hydrogen) atoms. The van der Waals surface area contributed by atoms with Crippen LogP contribution >= 0.6 is 0 Å². The van der Waals surface area contributed by atoms with Gasteiger partial charge >= 0.3 is 18.3 Å². The van der Waals surface area contributed by atoms with Gasteiger partial charge in [0.1, 0.15) is 22.6 Å². The zero-order valence-corrected chi connectivity index (χ0v) is 21.0. The number of carbonyl (C=O) groups excluding carboxylic acids is 4. The summed E-state index contributed by atoms with van der Waals surface area (Å²) >= 11 is 0. The number of imide groups is 1. The third kappa shape index (κ3) is 9.38. The zero-order chi connectivity index (χ0) is 25.8. The van der Waals surface area contributed by atoms with E-state index in [0.717, 1.165) is 0 Å². The van der Waals surface area contributed by atoms with Crippen LogP contribution in [0.4, 0.5) is 14.4 Å². The van der Waals surface area contributed by atoms with Crippen LogP contribution in [0.15, 0.2) is 24.3 Å². The largest absolute Gasteiger partial charge is 0.514 e. The van der Waals surface area contributed by atoms with E-state index in [1.54, 1.807) is 62.3 Å². The fraction of sp³-hybridized carbons (Fsp3) is 0.565. The van der Waals surface area contributed by atoms with Crippen LogP contribution in [0.1, 0.15) is 72.7 Å². The first kappa shape index (κ1) is 27.7. The average molecular weight is 467 g/mol. The number of amides is 3. The highest BCUT2D eigenvalue weighted by Crippen LogP contribution is 2.24. The lowest BCUT2D eigenvalue weighted by atomic mass is 10.2. The Kier molecular flexibility index (Phi) is 8.49. The Bertz CT molecular complexity index is 891. The molecule has 1 aromatic rings. The van der Waals surface area contributed by atoms with E-state index in [1.807, 2.05) is 0 Å². The number of ether oxygens (including phenoxy) is 4. The van der Waals surface area contributed by atoms with Crippen LogP contribution in [0.3, 0.4) is 0 Å². The van der Waals surface area contributed by atoms with Crippen LogP contribution in [0.25, 0.3) is 0 Å². The fourth-order valence-electron chi connectivity index (χ4n) is 2.26. The Hall–Kier alpha value is -3.30. The highest BCUT2D eigenvalue weighted by Gasteiger charge is 2.37. The predicted octanol–water partition coefficient (Wildman–Crippen LogP) is 5.16. The van der Waals surface area contributed by atoms with Gasteiger partial charge in [-0.1, -0.05) is 12.1 Å². The van der Waals surface area contributed by atoms with Crippen LogP contribution in [0.2, 0.25) is 0 Å². The zero-order valence-electron chi connectivity index (χ0n) is 21.0. The smallest absolute Gasteiger partial charge is 0.442 e. The van der Waals surface area contributed by atoms with Crippen LogP contribution in [-0.4, -0.2) is 58.1 Å². The van der Waals surface area contributed by atoms with Gasteiger partial charge in [0.2, 0.25) is 0 Å². The third-order valence-electron chi connectivity index (χ3n) is 3.42. The van der Waals surface area contributed by atoms with E-state index in [1.165, 1.54) is 31.3 Å². The minimum atomic E-state index is -1.12. The first-order valence-corrected chi connectivity index (χ1v) is 10.3. The summed E-state index contributed by atoms with van der Waals surface area (Å²) in [4.78, 5) is 51.1. The molecule has 0 saturated carbocycles. The van der Waals surface area contributed by atoms with E-state index in [0.29, 0.717) is 10.0 Å². The van der Waals surface area contributed by atoms with Crippen molar-refractivity contribution in [1.29, 1.82) is 0 Å². The lowest BCUT2D eigenvalue weighted by molar-refractivity contribution is -0.0422. The third-order valence-corrected chi connectivity index (χ3v) is 3.42. The summed E-state index contributed by atoms with van der Waals surface area (Å²) in [6.07, 6.45) is -3.12. The second-order valence-corrected chi connectivity index (χ2v) is 10.2. The number of carbonyl (C=O) groups is 4. The van der Waals surface area contributed by atoms with Crippen molar-refractivity contribution in [3.05, 3.63) is 29.8 Å². The highest BCUT2D eigenvalue weighted by atomic mass is 16.7. The molecule has 0 unspecified atom stereocenters. The first-order valence-electron chi connectivity index (χ1n) is 10.3. The molecule has 0 fully saturated rings. The van der Waals surface area contributed by atoms with Gasteiger partial charge in [0.25, 0.3) is 5.91 Å². The first-order chi connectivity index (χ1) is 14.8. The van der Waals surface area contributed by atoms with Gasteiger partial charge in [0, 0.05) is 7.05 Å². The topological polar surface area (TPSA) is 112 Å². The molecule has 0 spiro atoms. The van der Waals surface area contributed by atoms with Crippen molar-refractivity contribution in [2.75, 3.05) is 7.05 Å². The van der Waals surface area contributed by atoms with Crippen LogP contribution < -0.4 is 4.74 Å². The Labute approximate surface area is 194 Å². The summed E-state index contributed by atoms with van der Waals surface area (Å²) in [5, 5.41) is 1.18. The van der Waals surface area contributed by atoms with Gasteiger partial charge in [0.15, 0.2) is 0 Å². The minimum Gasteiger partial charge on any atom is -0.442 e. The molecule has 0 aliphatic carbocycles. The summed E-state index contributed by atoms with van der Waals surface area (Å²) < 4.78 is 20.9. The van der Waals surface area contributed by atoms with Gasteiger partial charge < -0.3 is 18.9 Å². The molecule has 0 aliphatic heterocycles. The molecule has 0 heterocycles. The lowest BCUT2D eigenvalue weighted by Crippen LogP contribution is -2.53. The van der Waals surface area contributed by atoms with E-state index in [-0.39, 0.29) is 11.3 Å². The van der Waals surface area contributed by atoms with E-state index < -0.39 is 41.1 Å². The fourth-order valence-corrected chi connectivity index (χ4v) is 2.26. The molecular formula is C23H34N2O8. The minimum absolute atomic E-state index is 0.164. The normalized spacial score (nSPS) is 11.8. The van der Waals surface area contributed by atoms with Gasteiger partial charge in [-0.05, 0) is 74.4 Å². The Balaban J connectivity index is 3.37. The molecule has 0 atom stereocenters. The standard InChI is InChI=1S/C23H34N2O8/c1-21(2,3)31-18(27)24(10)25(19(28)32-22(4,5)6)17(26)15-13-11-12-14-16(15)30-20(29)33-23(7,8)9/h11-14H,1-10H3. The van der Waals surface area contributed by atoms with E-state index in [4.69, 9.17) is 18.9 Å². The number of hydrogen-bond donors (Lipinski definition) is 0. The van der Waals surface area contributed by atoms with E-state index in [2.05, 4.69) is 0 Å². The van der Waals surface area contributed by atoms with Crippen molar-refractivity contribution in [2.24, 2.45) is 0 Å². The molecule has 1 aromatic carbocycles. The van der Waals surface area contributed by atoms with E-state index in [9.17, 15) is 19.2 Å². The Morgan fingerprint density at radius 2 is 1.15 bits per heavy atom. The monoisotopic (exact) mass is 466 g/mol. The maximum atomic E-state index is 13.4. The number of rotatable bonds is 2. The van der Waals surface area contributed by atoms with Gasteiger partial charge in [0.05, 0.1) is 5.56 Å². The van der Waals surface area contributed by atoms with Crippen molar-refractivity contribution in [3.8, 4) is 5.75 Å². The van der Waals surface area contributed by atoms with Gasteiger partial charge in [-0.15, -0.1) is 5.01 Å². The highest BCUT2D eigenvalue weighted by molar-refractivity contribution is 6.05. The molecule has 10 heteroatoms. The molecule has 0 aliphatic rings. The molecule has 1 rings (SSSR count). The summed E-state index contributed by atoms with van der Waals surface area (Å²) in [5.41, 5.74) is -2.84. The van der Waals surface area contributed by atoms with Crippen molar-refractivity contribution < 1.29 is 38.1 Å². The Morgan fingerprint density at radius 1 is 0.697 bits per heavy atom. The molecule has 0 N–H and O–H groups in total. The SMILES string of the molecule is CN(C(=O)OC(C)(C)C)N(C(=O)OC(C)(C)C)C(=O)c1ccccc1OC(=O)OC(C)(C)C. The van der Waals surface area contributed by atoms with E-state index >= 15 is 0 Å². The Morgan fingerprint density at radius 3 is 1.64 bits per heavy atom. The second-order valence-electron chi connectivity index (χ2n) is 10.2. The quantitative estimate of drug-likeness (QED) is 0.254. The molecule has 0 aromatic heterocycles. The summed E-state index contributed by atoms with van der Waals surface area (Å²) in [5.74, 6) is -1.14. The number of nitrogens with zero attached hydrogens (tertiary/aromatic N) is 2. The van der Waals surface area contributed by atoms with Gasteiger partial charge in [-0.25, -0.2) is 19.4 Å². The molecule has 184 valence electrons. The van der Waals surface area contributed by atoms with Crippen molar-refractivity contribution >= 4 is 24.2 Å².